The molecule has 7 nitrogen and oxygen atoms in total. The fourth-order valence-electron chi connectivity index (χ4n) is 3.13. The molecule has 1 fully saturated rings. The Balaban J connectivity index is 1.66. The Morgan fingerprint density at radius 2 is 2.23 bits per heavy atom. The third kappa shape index (κ3) is 3.18. The summed E-state index contributed by atoms with van der Waals surface area (Å²) in [6.07, 6.45) is 1.75. The van der Waals surface area contributed by atoms with Crippen molar-refractivity contribution in [2.45, 2.75) is 25.5 Å². The van der Waals surface area contributed by atoms with Gasteiger partial charge in [0, 0.05) is 20.2 Å². The third-order valence-corrected chi connectivity index (χ3v) is 5.14. The van der Waals surface area contributed by atoms with E-state index in [1.807, 2.05) is 6.07 Å². The lowest BCUT2D eigenvalue weighted by Gasteiger charge is -2.08. The molecular formula is C17H17Cl2N5O2. The van der Waals surface area contributed by atoms with Crippen LogP contribution in [0.15, 0.2) is 23.0 Å². The number of H-pyrrole nitrogens is 1. The molecule has 1 aliphatic heterocycles. The molecule has 4 rings (SSSR count). The molecule has 0 spiro atoms. The fraction of sp³-hybridized carbons (Fsp3) is 0.353. The number of aryl methyl sites for hydroxylation is 1. The highest BCUT2D eigenvalue weighted by molar-refractivity contribution is 6.42. The summed E-state index contributed by atoms with van der Waals surface area (Å²) in [4.78, 5) is 19.8. The number of hydrogen-bond acceptors (Lipinski definition) is 5. The smallest absolute Gasteiger partial charge is 0.278 e. The largest absolute Gasteiger partial charge is 0.372 e. The Morgan fingerprint density at radius 3 is 2.96 bits per heavy atom. The first kappa shape index (κ1) is 17.3. The van der Waals surface area contributed by atoms with Gasteiger partial charge in [-0.05, 0) is 30.5 Å². The number of halogens is 2. The van der Waals surface area contributed by atoms with Gasteiger partial charge in [-0.25, -0.2) is 4.98 Å². The van der Waals surface area contributed by atoms with Crippen molar-refractivity contribution >= 4 is 40.2 Å². The molecule has 1 aliphatic rings. The summed E-state index contributed by atoms with van der Waals surface area (Å²) >= 11 is 12.0. The molecule has 0 saturated carbocycles. The van der Waals surface area contributed by atoms with E-state index in [1.54, 1.807) is 23.9 Å². The Kier molecular flexibility index (Phi) is 4.60. The van der Waals surface area contributed by atoms with Crippen molar-refractivity contribution in [3.63, 3.8) is 0 Å². The highest BCUT2D eigenvalue weighted by Gasteiger charge is 2.26. The van der Waals surface area contributed by atoms with E-state index < -0.39 is 0 Å². The van der Waals surface area contributed by atoms with Crippen molar-refractivity contribution in [1.29, 1.82) is 0 Å². The van der Waals surface area contributed by atoms with Crippen molar-refractivity contribution in [2.24, 2.45) is 7.05 Å². The van der Waals surface area contributed by atoms with E-state index in [9.17, 15) is 4.79 Å². The summed E-state index contributed by atoms with van der Waals surface area (Å²) in [6.45, 7) is 1.15. The minimum absolute atomic E-state index is 0.115. The summed E-state index contributed by atoms with van der Waals surface area (Å²) in [7, 11) is 1.74. The molecule has 0 radical (unpaired) electrons. The molecule has 1 saturated heterocycles. The lowest BCUT2D eigenvalue weighted by molar-refractivity contribution is 0.109. The van der Waals surface area contributed by atoms with Crippen molar-refractivity contribution in [1.82, 2.24) is 19.7 Å². The zero-order valence-electron chi connectivity index (χ0n) is 14.1. The summed E-state index contributed by atoms with van der Waals surface area (Å²) in [5.74, 6) is 0.376. The van der Waals surface area contributed by atoms with Gasteiger partial charge in [-0.2, -0.15) is 5.10 Å². The normalized spacial score (nSPS) is 17.1. The topological polar surface area (TPSA) is 84.8 Å². The van der Waals surface area contributed by atoms with Gasteiger partial charge in [-0.3, -0.25) is 14.5 Å². The second kappa shape index (κ2) is 6.90. The number of nitrogens with one attached hydrogen (secondary N) is 2. The van der Waals surface area contributed by atoms with Crippen LogP contribution in [0, 0.1) is 0 Å². The Morgan fingerprint density at radius 1 is 1.38 bits per heavy atom. The second-order valence-electron chi connectivity index (χ2n) is 6.22. The highest BCUT2D eigenvalue weighted by Crippen LogP contribution is 2.31. The van der Waals surface area contributed by atoms with E-state index in [2.05, 4.69) is 20.4 Å². The van der Waals surface area contributed by atoms with Crippen LogP contribution in [0.1, 0.15) is 30.2 Å². The van der Waals surface area contributed by atoms with Gasteiger partial charge in [0.05, 0.1) is 10.0 Å². The molecule has 1 atom stereocenters. The van der Waals surface area contributed by atoms with E-state index in [1.165, 1.54) is 0 Å². The molecule has 3 heterocycles. The molecule has 26 heavy (non-hydrogen) atoms. The van der Waals surface area contributed by atoms with Gasteiger partial charge in [-0.1, -0.05) is 29.3 Å². The monoisotopic (exact) mass is 393 g/mol. The number of aromatic nitrogens is 4. The number of hydrogen-bond donors (Lipinski definition) is 2. The van der Waals surface area contributed by atoms with Crippen LogP contribution in [-0.2, 0) is 18.3 Å². The summed E-state index contributed by atoms with van der Waals surface area (Å²) in [5.41, 5.74) is 2.40. The highest BCUT2D eigenvalue weighted by atomic mass is 35.5. The molecule has 1 aromatic carbocycles. The average Bonchev–Trinajstić information content (AvgIpc) is 3.24. The van der Waals surface area contributed by atoms with Crippen LogP contribution in [0.5, 0.6) is 0 Å². The van der Waals surface area contributed by atoms with Crippen molar-refractivity contribution in [2.75, 3.05) is 11.9 Å². The van der Waals surface area contributed by atoms with Crippen LogP contribution >= 0.6 is 23.2 Å². The first-order chi connectivity index (χ1) is 12.5. The Hall–Kier alpha value is -2.09. The van der Waals surface area contributed by atoms with Crippen molar-refractivity contribution in [3.8, 4) is 0 Å². The van der Waals surface area contributed by atoms with Crippen LogP contribution in [0.2, 0.25) is 10.0 Å². The Bertz CT molecular complexity index is 1020. The van der Waals surface area contributed by atoms with Crippen molar-refractivity contribution in [3.05, 3.63) is 49.9 Å². The summed E-state index contributed by atoms with van der Waals surface area (Å²) in [5, 5.41) is 8.57. The SMILES string of the molecule is Cn1nc(C2CCCO2)c2nc(NCc3ccc(Cl)c(Cl)c3)[nH]c(=O)c21. The van der Waals surface area contributed by atoms with Crippen LogP contribution in [0.25, 0.3) is 11.0 Å². The number of ether oxygens (including phenoxy) is 1. The molecule has 2 aromatic heterocycles. The van der Waals surface area contributed by atoms with E-state index in [4.69, 9.17) is 27.9 Å². The number of nitrogens with zero attached hydrogens (tertiary/aromatic N) is 3. The molecule has 0 aliphatic carbocycles. The molecule has 1 unspecified atom stereocenters. The quantitative estimate of drug-likeness (QED) is 0.708. The van der Waals surface area contributed by atoms with E-state index in [0.717, 1.165) is 18.4 Å². The minimum atomic E-state index is -0.245. The minimum Gasteiger partial charge on any atom is -0.372 e. The average molecular weight is 394 g/mol. The first-order valence-electron chi connectivity index (χ1n) is 8.29. The number of benzene rings is 1. The van der Waals surface area contributed by atoms with Gasteiger partial charge in [0.1, 0.15) is 17.3 Å². The lowest BCUT2D eigenvalue weighted by Crippen LogP contribution is -2.15. The van der Waals surface area contributed by atoms with Crippen molar-refractivity contribution < 1.29 is 4.74 Å². The van der Waals surface area contributed by atoms with E-state index in [-0.39, 0.29) is 11.7 Å². The molecular weight excluding hydrogens is 377 g/mol. The zero-order chi connectivity index (χ0) is 18.3. The zero-order valence-corrected chi connectivity index (χ0v) is 15.6. The lowest BCUT2D eigenvalue weighted by atomic mass is 10.1. The molecule has 3 aromatic rings. The van der Waals surface area contributed by atoms with Crippen LogP contribution < -0.4 is 10.9 Å². The van der Waals surface area contributed by atoms with Gasteiger partial charge in [0.25, 0.3) is 5.56 Å². The van der Waals surface area contributed by atoms with Gasteiger partial charge in [0.2, 0.25) is 5.95 Å². The maximum Gasteiger partial charge on any atom is 0.278 e. The number of anilines is 1. The predicted molar refractivity (Wildman–Crippen MR) is 101 cm³/mol. The molecule has 0 bridgehead atoms. The maximum atomic E-state index is 12.5. The molecule has 0 amide bonds. The fourth-order valence-corrected chi connectivity index (χ4v) is 3.45. The van der Waals surface area contributed by atoms with Gasteiger partial charge in [-0.15, -0.1) is 0 Å². The predicted octanol–water partition coefficient (Wildman–Crippen LogP) is 3.43. The van der Waals surface area contributed by atoms with E-state index in [0.29, 0.717) is 45.9 Å². The van der Waals surface area contributed by atoms with Crippen LogP contribution in [0.4, 0.5) is 5.95 Å². The number of aromatic amines is 1. The summed E-state index contributed by atoms with van der Waals surface area (Å²) in [6, 6.07) is 5.37. The van der Waals surface area contributed by atoms with Gasteiger partial charge < -0.3 is 10.1 Å². The molecule has 136 valence electrons. The number of fused-ring (bicyclic) bond motifs is 1. The first-order valence-corrected chi connectivity index (χ1v) is 9.05. The molecule has 9 heteroatoms. The standard InChI is InChI=1S/C17H17Cl2N5O2/c1-24-15-14(13(23-24)12-3-2-6-26-12)21-17(22-16(15)25)20-8-9-4-5-10(18)11(19)7-9/h4-5,7,12H,2-3,6,8H2,1H3,(H2,20,21,22,25). The van der Waals surface area contributed by atoms with E-state index >= 15 is 0 Å². The second-order valence-corrected chi connectivity index (χ2v) is 7.04. The molecule has 2 N–H and O–H groups in total. The van der Waals surface area contributed by atoms with Gasteiger partial charge >= 0.3 is 0 Å². The maximum absolute atomic E-state index is 12.5. The van der Waals surface area contributed by atoms with Gasteiger partial charge in [0.15, 0.2) is 5.52 Å². The third-order valence-electron chi connectivity index (χ3n) is 4.40. The van der Waals surface area contributed by atoms with Crippen LogP contribution in [0.3, 0.4) is 0 Å². The Labute approximate surface area is 159 Å². The number of rotatable bonds is 4. The van der Waals surface area contributed by atoms with Crippen LogP contribution in [-0.4, -0.2) is 26.4 Å². The summed E-state index contributed by atoms with van der Waals surface area (Å²) < 4.78 is 7.27.